The third-order valence-electron chi connectivity index (χ3n) is 0.231. The lowest BCUT2D eigenvalue weighted by atomic mass is 10.8. The minimum Gasteiger partial charge on any atom is -0.289 e. The molecule has 2 N–H and O–H groups in total. The molecule has 0 aliphatic rings. The monoisotopic (exact) mass is 76.0 g/mol. The maximum Gasteiger partial charge on any atom is 0.0795 e. The first-order valence-corrected chi connectivity index (χ1v) is 1.24. The third-order valence-corrected chi connectivity index (χ3v) is 0.231. The summed E-state index contributed by atoms with van der Waals surface area (Å²) in [7, 11) is 0. The minimum atomic E-state index is 0. The number of hydrogen-bond acceptors (Lipinski definition) is 3. The van der Waals surface area contributed by atoms with Crippen LogP contribution < -0.4 is 0 Å². The molecule has 31 valence electrons. The molecule has 0 bridgehead atoms. The zero-order valence-corrected chi connectivity index (χ0v) is 2.92. The Bertz CT molecular complexity index is 21.6. The minimum absolute atomic E-state index is 0. The van der Waals surface area contributed by atoms with Crippen LogP contribution in [0.5, 0.6) is 0 Å². The predicted octanol–water partition coefficient (Wildman–Crippen LogP) is 0.248. The maximum absolute atomic E-state index is 7.69. The van der Waals surface area contributed by atoms with Crippen molar-refractivity contribution in [3.8, 4) is 0 Å². The summed E-state index contributed by atoms with van der Waals surface area (Å²) in [4.78, 5) is 0. The Labute approximate surface area is 30.4 Å². The van der Waals surface area contributed by atoms with Gasteiger partial charge in [0.25, 0.3) is 0 Å². The number of nitrogens with zero attached hydrogens (tertiary/aromatic N) is 1. The Kier molecular flexibility index (Phi) is 2.09. The number of hydrogen-bond donors (Lipinski definition) is 2. The number of hydroxylamine groups is 2. The molecule has 0 aromatic heterocycles. The van der Waals surface area contributed by atoms with Gasteiger partial charge in [0.15, 0.2) is 0 Å². The van der Waals surface area contributed by atoms with Gasteiger partial charge in [-0.3, -0.25) is 10.4 Å². The lowest BCUT2D eigenvalue weighted by molar-refractivity contribution is -0.282. The first-order chi connectivity index (χ1) is 2.27. The maximum atomic E-state index is 7.69. The average Bonchev–Trinajstić information content (AvgIpc) is 1.38. The molecule has 3 nitrogen and oxygen atoms in total. The van der Waals surface area contributed by atoms with Gasteiger partial charge in [0.2, 0.25) is 0 Å². The summed E-state index contributed by atoms with van der Waals surface area (Å²) in [5.74, 6) is 0. The van der Waals surface area contributed by atoms with Crippen LogP contribution in [0.1, 0.15) is 6.92 Å². The van der Waals surface area contributed by atoms with Crippen LogP contribution in [0.3, 0.4) is 0 Å². The molecule has 0 aromatic carbocycles. The zero-order chi connectivity index (χ0) is 4.28. The molecule has 0 spiro atoms. The van der Waals surface area contributed by atoms with E-state index in [0.717, 1.165) is 6.54 Å². The van der Waals surface area contributed by atoms with Crippen LogP contribution in [-0.4, -0.2) is 15.6 Å². The van der Waals surface area contributed by atoms with Crippen LogP contribution in [-0.2, 0) is 0 Å². The highest BCUT2D eigenvalue weighted by Crippen LogP contribution is 1.71. The fourth-order valence-corrected chi connectivity index (χ4v) is 0. The van der Waals surface area contributed by atoms with E-state index < -0.39 is 0 Å². The Balaban J connectivity index is 2.54. The zero-order valence-electron chi connectivity index (χ0n) is 2.92. The normalized spacial score (nSPS) is 9.60. The van der Waals surface area contributed by atoms with Crippen molar-refractivity contribution in [2.45, 2.75) is 6.92 Å². The van der Waals surface area contributed by atoms with E-state index in [1.165, 1.54) is 6.92 Å². The van der Waals surface area contributed by atoms with E-state index >= 15 is 0 Å². The summed E-state index contributed by atoms with van der Waals surface area (Å²) in [6.07, 6.45) is 0. The highest BCUT2D eigenvalue weighted by Gasteiger charge is 1.78. The van der Waals surface area contributed by atoms with Crippen molar-refractivity contribution in [3.05, 3.63) is 6.54 Å². The summed E-state index contributed by atoms with van der Waals surface area (Å²) in [5.41, 5.74) is 0. The van der Waals surface area contributed by atoms with Gasteiger partial charge in [-0.25, -0.2) is 0 Å². The van der Waals surface area contributed by atoms with Crippen molar-refractivity contribution in [2.75, 3.05) is 0 Å². The summed E-state index contributed by atoms with van der Waals surface area (Å²) >= 11 is 0. The highest BCUT2D eigenvalue weighted by atomic mass is 16.8. The van der Waals surface area contributed by atoms with Crippen molar-refractivity contribution in [1.82, 2.24) is 5.23 Å². The van der Waals surface area contributed by atoms with E-state index in [4.69, 9.17) is 10.4 Å². The molecule has 0 rings (SSSR count). The van der Waals surface area contributed by atoms with Crippen LogP contribution in [0, 0.1) is 6.54 Å². The Morgan fingerprint density at radius 1 is 1.60 bits per heavy atom. The first kappa shape index (κ1) is 4.88. The van der Waals surface area contributed by atoms with Crippen molar-refractivity contribution in [2.24, 2.45) is 0 Å². The molecule has 0 aliphatic carbocycles. The molecule has 0 aliphatic heterocycles. The summed E-state index contributed by atoms with van der Waals surface area (Å²) in [6, 6.07) is 0. The second kappa shape index (κ2) is 2.14. The molecule has 0 unspecified atom stereocenters. The van der Waals surface area contributed by atoms with Gasteiger partial charge in [0, 0.05) is 0 Å². The van der Waals surface area contributed by atoms with Gasteiger partial charge in [-0.2, -0.15) is 0 Å². The van der Waals surface area contributed by atoms with Gasteiger partial charge >= 0.3 is 0 Å². The molecule has 0 saturated heterocycles. The molecule has 0 saturated carbocycles. The first-order valence-electron chi connectivity index (χ1n) is 1.24. The van der Waals surface area contributed by atoms with Crippen molar-refractivity contribution in [3.63, 3.8) is 0 Å². The van der Waals surface area contributed by atoms with E-state index in [1.54, 1.807) is 0 Å². The molecule has 0 atom stereocenters. The van der Waals surface area contributed by atoms with Crippen molar-refractivity contribution >= 4 is 0 Å². The standard InChI is InChI=1S/C2H6NO2/c1-2-3(4)5/h2,4-5H,1H3. The predicted molar refractivity (Wildman–Crippen MR) is 15.4 cm³/mol. The van der Waals surface area contributed by atoms with Gasteiger partial charge in [0.1, 0.15) is 0 Å². The Morgan fingerprint density at radius 2 is 1.80 bits per heavy atom. The number of rotatable bonds is 1. The van der Waals surface area contributed by atoms with Gasteiger partial charge in [-0.15, -0.1) is 0 Å². The summed E-state index contributed by atoms with van der Waals surface area (Å²) in [5, 5.41) is 15.4. The Morgan fingerprint density at radius 3 is 1.80 bits per heavy atom. The second-order valence-corrected chi connectivity index (χ2v) is 0.579. The van der Waals surface area contributed by atoms with Crippen LogP contribution in [0.25, 0.3) is 0 Å². The van der Waals surface area contributed by atoms with Gasteiger partial charge < -0.3 is 0 Å². The van der Waals surface area contributed by atoms with E-state index in [9.17, 15) is 0 Å². The molecule has 0 amide bonds. The molecule has 0 aromatic rings. The fourth-order valence-electron chi connectivity index (χ4n) is 0. The third kappa shape index (κ3) is 3.88. The van der Waals surface area contributed by atoms with Gasteiger partial charge in [-0.05, 0) is 6.92 Å². The molecule has 1 radical (unpaired) electrons. The molecule has 0 heterocycles. The van der Waals surface area contributed by atoms with Crippen LogP contribution in [0.2, 0.25) is 0 Å². The highest BCUT2D eigenvalue weighted by molar-refractivity contribution is 4.32. The lowest BCUT2D eigenvalue weighted by Gasteiger charge is -1.94. The lowest BCUT2D eigenvalue weighted by Crippen LogP contribution is -2.05. The Hall–Kier alpha value is -0.120. The van der Waals surface area contributed by atoms with Crippen molar-refractivity contribution < 1.29 is 10.4 Å². The molecular weight excluding hydrogens is 70.0 g/mol. The second-order valence-electron chi connectivity index (χ2n) is 0.579. The molecule has 5 heavy (non-hydrogen) atoms. The largest absolute Gasteiger partial charge is 0.289 e. The molecular formula is C2H6NO2. The quantitative estimate of drug-likeness (QED) is 0.440. The average molecular weight is 76.1 g/mol. The van der Waals surface area contributed by atoms with E-state index in [1.807, 2.05) is 0 Å². The van der Waals surface area contributed by atoms with E-state index in [-0.39, 0.29) is 5.23 Å². The summed E-state index contributed by atoms with van der Waals surface area (Å²) < 4.78 is 0. The van der Waals surface area contributed by atoms with Gasteiger partial charge in [0.05, 0.1) is 6.54 Å². The van der Waals surface area contributed by atoms with Crippen LogP contribution in [0.15, 0.2) is 0 Å². The van der Waals surface area contributed by atoms with E-state index in [0.29, 0.717) is 0 Å². The fraction of sp³-hybridized carbons (Fsp3) is 0.500. The van der Waals surface area contributed by atoms with Gasteiger partial charge in [-0.1, -0.05) is 5.23 Å². The topological polar surface area (TPSA) is 43.7 Å². The summed E-state index contributed by atoms with van der Waals surface area (Å²) in [6.45, 7) is 2.61. The molecule has 3 heteroatoms. The van der Waals surface area contributed by atoms with Crippen LogP contribution >= 0.6 is 0 Å². The van der Waals surface area contributed by atoms with Crippen LogP contribution in [0.4, 0.5) is 0 Å². The van der Waals surface area contributed by atoms with E-state index in [2.05, 4.69) is 0 Å². The SMILES string of the molecule is C[CH]N(O)O. The van der Waals surface area contributed by atoms with Crippen molar-refractivity contribution in [1.29, 1.82) is 0 Å². The molecule has 0 fully saturated rings. The smallest absolute Gasteiger partial charge is 0.0795 e.